The zero-order valence-electron chi connectivity index (χ0n) is 11.4. The molecule has 1 aliphatic heterocycles. The molecule has 0 radical (unpaired) electrons. The van der Waals surface area contributed by atoms with E-state index in [0.29, 0.717) is 32.5 Å². The van der Waals surface area contributed by atoms with Crippen molar-refractivity contribution in [2.75, 3.05) is 19.6 Å². The molecular weight excluding hydrogens is 285 g/mol. The molecule has 116 valence electrons. The maximum absolute atomic E-state index is 12.4. The minimum Gasteiger partial charge on any atom is -0.465 e. The van der Waals surface area contributed by atoms with Crippen LogP contribution in [0.15, 0.2) is 24.3 Å². The van der Waals surface area contributed by atoms with Gasteiger partial charge in [-0.2, -0.15) is 13.2 Å². The molecule has 0 bridgehead atoms. The molecular formula is C14H17F3N2O2. The van der Waals surface area contributed by atoms with E-state index >= 15 is 0 Å². The lowest BCUT2D eigenvalue weighted by Gasteiger charge is -2.31. The summed E-state index contributed by atoms with van der Waals surface area (Å²) >= 11 is 0. The summed E-state index contributed by atoms with van der Waals surface area (Å²) in [7, 11) is 0. The summed E-state index contributed by atoms with van der Waals surface area (Å²) in [5.41, 5.74) is 0.163. The second-order valence-corrected chi connectivity index (χ2v) is 5.11. The minimum absolute atomic E-state index is 0.0390. The maximum atomic E-state index is 12.4. The molecule has 0 saturated carbocycles. The number of nitrogens with one attached hydrogen (secondary N) is 1. The Balaban J connectivity index is 1.87. The van der Waals surface area contributed by atoms with Crippen LogP contribution in [0.5, 0.6) is 0 Å². The fourth-order valence-electron chi connectivity index (χ4n) is 2.39. The van der Waals surface area contributed by atoms with Crippen LogP contribution in [0, 0.1) is 0 Å². The molecule has 0 unspecified atom stereocenters. The molecule has 2 rings (SSSR count). The Hall–Kier alpha value is -1.76. The predicted molar refractivity (Wildman–Crippen MR) is 71.2 cm³/mol. The van der Waals surface area contributed by atoms with E-state index in [1.165, 1.54) is 17.0 Å². The number of carboxylic acid groups (broad SMARTS) is 1. The van der Waals surface area contributed by atoms with Gasteiger partial charge in [-0.3, -0.25) is 0 Å². The summed E-state index contributed by atoms with van der Waals surface area (Å²) in [6.07, 6.45) is -3.94. The van der Waals surface area contributed by atoms with Gasteiger partial charge in [0.2, 0.25) is 0 Å². The number of hydrogen-bond donors (Lipinski definition) is 2. The standard InChI is InChI=1S/C14H17F3N2O2/c15-14(16,17)11-4-1-10(2-5-11)3-6-12-9-19(13(20)21)8-7-18-12/h1-2,4-5,12,18H,3,6-9H2,(H,20,21)/t12-/m1/s1. The van der Waals surface area contributed by atoms with Crippen LogP contribution < -0.4 is 5.32 Å². The molecule has 1 aromatic carbocycles. The average Bonchev–Trinajstić information content (AvgIpc) is 2.45. The predicted octanol–water partition coefficient (Wildman–Crippen LogP) is 2.59. The van der Waals surface area contributed by atoms with Gasteiger partial charge in [0.1, 0.15) is 0 Å². The second kappa shape index (κ2) is 6.34. The molecule has 21 heavy (non-hydrogen) atoms. The first-order chi connectivity index (χ1) is 9.86. The monoisotopic (exact) mass is 302 g/mol. The van der Waals surface area contributed by atoms with Gasteiger partial charge in [0.25, 0.3) is 0 Å². The van der Waals surface area contributed by atoms with Crippen molar-refractivity contribution in [3.8, 4) is 0 Å². The Morgan fingerprint density at radius 1 is 1.33 bits per heavy atom. The molecule has 1 saturated heterocycles. The minimum atomic E-state index is -4.31. The van der Waals surface area contributed by atoms with E-state index in [9.17, 15) is 18.0 Å². The van der Waals surface area contributed by atoms with Crippen LogP contribution in [0.25, 0.3) is 0 Å². The summed E-state index contributed by atoms with van der Waals surface area (Å²) in [6.45, 7) is 1.48. The molecule has 1 atom stereocenters. The van der Waals surface area contributed by atoms with Gasteiger partial charge in [-0.05, 0) is 30.5 Å². The SMILES string of the molecule is O=C(O)N1CCN[C@H](CCc2ccc(C(F)(F)F)cc2)C1. The number of aryl methyl sites for hydroxylation is 1. The van der Waals surface area contributed by atoms with Gasteiger partial charge in [-0.15, -0.1) is 0 Å². The quantitative estimate of drug-likeness (QED) is 0.902. The number of hydrogen-bond acceptors (Lipinski definition) is 2. The highest BCUT2D eigenvalue weighted by molar-refractivity contribution is 5.65. The largest absolute Gasteiger partial charge is 0.465 e. The third-order valence-corrected chi connectivity index (χ3v) is 3.59. The lowest BCUT2D eigenvalue weighted by atomic mass is 10.0. The van der Waals surface area contributed by atoms with E-state index in [2.05, 4.69) is 5.32 Å². The van der Waals surface area contributed by atoms with E-state index in [4.69, 9.17) is 5.11 Å². The van der Waals surface area contributed by atoms with E-state index in [0.717, 1.165) is 17.7 Å². The van der Waals surface area contributed by atoms with Crippen molar-refractivity contribution in [2.45, 2.75) is 25.1 Å². The van der Waals surface area contributed by atoms with Crippen LogP contribution in [0.3, 0.4) is 0 Å². The molecule has 0 aliphatic carbocycles. The van der Waals surface area contributed by atoms with Crippen LogP contribution in [0.2, 0.25) is 0 Å². The normalized spacial score (nSPS) is 19.6. The summed E-state index contributed by atoms with van der Waals surface area (Å²) in [4.78, 5) is 12.3. The van der Waals surface area contributed by atoms with E-state index in [1.54, 1.807) is 0 Å². The Morgan fingerprint density at radius 2 is 2.00 bits per heavy atom. The van der Waals surface area contributed by atoms with Gasteiger partial charge < -0.3 is 15.3 Å². The van der Waals surface area contributed by atoms with Crippen LogP contribution in [0.4, 0.5) is 18.0 Å². The summed E-state index contributed by atoms with van der Waals surface area (Å²) < 4.78 is 37.3. The van der Waals surface area contributed by atoms with Crippen LogP contribution in [-0.4, -0.2) is 41.8 Å². The lowest BCUT2D eigenvalue weighted by Crippen LogP contribution is -2.52. The molecule has 1 heterocycles. The van der Waals surface area contributed by atoms with Gasteiger partial charge in [0, 0.05) is 25.7 Å². The highest BCUT2D eigenvalue weighted by Crippen LogP contribution is 2.29. The topological polar surface area (TPSA) is 52.6 Å². The fourth-order valence-corrected chi connectivity index (χ4v) is 2.39. The van der Waals surface area contributed by atoms with E-state index < -0.39 is 17.8 Å². The van der Waals surface area contributed by atoms with Crippen molar-refractivity contribution < 1.29 is 23.1 Å². The number of piperazine rings is 1. The summed E-state index contributed by atoms with van der Waals surface area (Å²) in [5.74, 6) is 0. The van der Waals surface area contributed by atoms with E-state index in [1.807, 2.05) is 0 Å². The Kier molecular flexibility index (Phi) is 4.72. The van der Waals surface area contributed by atoms with Crippen LogP contribution in [-0.2, 0) is 12.6 Å². The smallest absolute Gasteiger partial charge is 0.416 e. The molecule has 0 spiro atoms. The number of nitrogens with zero attached hydrogens (tertiary/aromatic N) is 1. The third-order valence-electron chi connectivity index (χ3n) is 3.59. The van der Waals surface area contributed by atoms with Crippen molar-refractivity contribution in [1.82, 2.24) is 10.2 Å². The second-order valence-electron chi connectivity index (χ2n) is 5.11. The number of benzene rings is 1. The first-order valence-electron chi connectivity index (χ1n) is 6.73. The third kappa shape index (κ3) is 4.35. The average molecular weight is 302 g/mol. The molecule has 0 aromatic heterocycles. The molecule has 1 amide bonds. The van der Waals surface area contributed by atoms with Gasteiger partial charge >= 0.3 is 12.3 Å². The van der Waals surface area contributed by atoms with Crippen molar-refractivity contribution in [3.63, 3.8) is 0 Å². The van der Waals surface area contributed by atoms with Gasteiger partial charge in [-0.1, -0.05) is 12.1 Å². The molecule has 1 aliphatic rings. The maximum Gasteiger partial charge on any atom is 0.416 e. The Labute approximate surface area is 120 Å². The van der Waals surface area contributed by atoms with Crippen LogP contribution in [0.1, 0.15) is 17.5 Å². The molecule has 1 aromatic rings. The number of carbonyl (C=O) groups is 1. The molecule has 4 nitrogen and oxygen atoms in total. The summed E-state index contributed by atoms with van der Waals surface area (Å²) in [5, 5.41) is 12.2. The number of rotatable bonds is 3. The van der Waals surface area contributed by atoms with Crippen molar-refractivity contribution >= 4 is 6.09 Å². The zero-order valence-corrected chi connectivity index (χ0v) is 11.4. The van der Waals surface area contributed by atoms with Gasteiger partial charge in [0.15, 0.2) is 0 Å². The molecule has 2 N–H and O–H groups in total. The number of alkyl halides is 3. The Morgan fingerprint density at radius 3 is 2.57 bits per heavy atom. The fraction of sp³-hybridized carbons (Fsp3) is 0.500. The lowest BCUT2D eigenvalue weighted by molar-refractivity contribution is -0.137. The Bertz CT molecular complexity index is 488. The van der Waals surface area contributed by atoms with Crippen molar-refractivity contribution in [2.24, 2.45) is 0 Å². The number of halogens is 3. The number of amides is 1. The van der Waals surface area contributed by atoms with E-state index in [-0.39, 0.29) is 6.04 Å². The van der Waals surface area contributed by atoms with Gasteiger partial charge in [0.05, 0.1) is 5.56 Å². The molecule has 1 fully saturated rings. The van der Waals surface area contributed by atoms with Gasteiger partial charge in [-0.25, -0.2) is 4.79 Å². The first kappa shape index (κ1) is 15.6. The van der Waals surface area contributed by atoms with Crippen molar-refractivity contribution in [3.05, 3.63) is 35.4 Å². The summed E-state index contributed by atoms with van der Waals surface area (Å²) in [6, 6.07) is 5.14. The zero-order chi connectivity index (χ0) is 15.5. The first-order valence-corrected chi connectivity index (χ1v) is 6.73. The molecule has 7 heteroatoms. The highest BCUT2D eigenvalue weighted by Gasteiger charge is 2.30. The van der Waals surface area contributed by atoms with Crippen LogP contribution >= 0.6 is 0 Å². The highest BCUT2D eigenvalue weighted by atomic mass is 19.4. The van der Waals surface area contributed by atoms with Crippen molar-refractivity contribution in [1.29, 1.82) is 0 Å².